The van der Waals surface area contributed by atoms with Crippen molar-refractivity contribution in [2.24, 2.45) is 0 Å². The van der Waals surface area contributed by atoms with Gasteiger partial charge in [-0.25, -0.2) is 9.18 Å². The summed E-state index contributed by atoms with van der Waals surface area (Å²) in [6.07, 6.45) is 4.72. The number of hydrogen-bond donors (Lipinski definition) is 0. The van der Waals surface area contributed by atoms with Gasteiger partial charge in [-0.2, -0.15) is 9.78 Å². The summed E-state index contributed by atoms with van der Waals surface area (Å²) in [5, 5.41) is 3.77. The zero-order chi connectivity index (χ0) is 18.8. The summed E-state index contributed by atoms with van der Waals surface area (Å²) in [5.74, 6) is -0.490. The normalized spacial score (nSPS) is 18.3. The number of amides is 1. The van der Waals surface area contributed by atoms with Crippen LogP contribution < -0.4 is 4.90 Å². The molecule has 1 amide bonds. The molecule has 0 unspecified atom stereocenters. The Morgan fingerprint density at radius 3 is 2.52 bits per heavy atom. The van der Waals surface area contributed by atoms with E-state index in [4.69, 9.17) is 0 Å². The van der Waals surface area contributed by atoms with E-state index in [1.54, 1.807) is 4.90 Å². The van der Waals surface area contributed by atoms with E-state index >= 15 is 0 Å². The van der Waals surface area contributed by atoms with Crippen molar-refractivity contribution in [2.45, 2.75) is 26.3 Å². The predicted octanol–water partition coefficient (Wildman–Crippen LogP) is 2.72. The quantitative estimate of drug-likeness (QED) is 0.832. The Kier molecular flexibility index (Phi) is 5.11. The van der Waals surface area contributed by atoms with Crippen LogP contribution in [0.4, 0.5) is 14.9 Å². The maximum Gasteiger partial charge on any atom is 0.344 e. The molecule has 7 heteroatoms. The molecule has 0 radical (unpaired) electrons. The fourth-order valence-electron chi connectivity index (χ4n) is 3.95. The Bertz CT molecular complexity index is 806. The average molecular weight is 371 g/mol. The molecule has 2 aliphatic rings. The minimum atomic E-state index is -0.490. The zero-order valence-corrected chi connectivity index (χ0v) is 15.8. The molecule has 2 saturated heterocycles. The smallest absolute Gasteiger partial charge is 0.344 e. The van der Waals surface area contributed by atoms with Gasteiger partial charge in [0.15, 0.2) is 5.82 Å². The van der Waals surface area contributed by atoms with Gasteiger partial charge < -0.3 is 9.80 Å². The van der Waals surface area contributed by atoms with Crippen LogP contribution in [0, 0.1) is 12.7 Å². The highest BCUT2D eigenvalue weighted by Gasteiger charge is 2.24. The second-order valence-corrected chi connectivity index (χ2v) is 7.48. The number of piperazine rings is 1. The molecule has 0 N–H and O–H groups in total. The molecule has 2 aromatic rings. The molecule has 2 fully saturated rings. The third kappa shape index (κ3) is 3.98. The van der Waals surface area contributed by atoms with Crippen LogP contribution in [0.2, 0.25) is 0 Å². The van der Waals surface area contributed by atoms with Gasteiger partial charge in [0.25, 0.3) is 0 Å². The highest BCUT2D eigenvalue weighted by molar-refractivity contribution is 5.76. The van der Waals surface area contributed by atoms with Crippen LogP contribution in [0.15, 0.2) is 30.6 Å². The number of aromatic nitrogens is 2. The van der Waals surface area contributed by atoms with Gasteiger partial charge in [-0.3, -0.25) is 4.90 Å². The standard InChI is InChI=1S/C20H26FN5O/c1-16-4-5-17(19(12-16)24-6-2-3-7-24)14-23-8-10-25(11-9-23)20(27)26-15-18(21)13-22-26/h4-5,12-13,15H,2-3,6-11,14H2,1H3. The van der Waals surface area contributed by atoms with Crippen molar-refractivity contribution in [3.63, 3.8) is 0 Å². The summed E-state index contributed by atoms with van der Waals surface area (Å²) in [6.45, 7) is 8.19. The summed E-state index contributed by atoms with van der Waals surface area (Å²) in [4.78, 5) is 19.0. The molecule has 3 heterocycles. The molecule has 0 spiro atoms. The van der Waals surface area contributed by atoms with E-state index in [-0.39, 0.29) is 6.03 Å². The van der Waals surface area contributed by atoms with Gasteiger partial charge in [0.2, 0.25) is 0 Å². The van der Waals surface area contributed by atoms with Crippen molar-refractivity contribution in [1.29, 1.82) is 0 Å². The number of rotatable bonds is 3. The van der Waals surface area contributed by atoms with Crippen LogP contribution in [0.3, 0.4) is 0 Å². The third-order valence-corrected chi connectivity index (χ3v) is 5.47. The highest BCUT2D eigenvalue weighted by Crippen LogP contribution is 2.27. The number of aryl methyl sites for hydroxylation is 1. The molecule has 4 rings (SSSR count). The minimum Gasteiger partial charge on any atom is -0.371 e. The fraction of sp³-hybridized carbons (Fsp3) is 0.500. The fourth-order valence-corrected chi connectivity index (χ4v) is 3.95. The van der Waals surface area contributed by atoms with Gasteiger partial charge in [0.05, 0.1) is 12.4 Å². The first kappa shape index (κ1) is 18.0. The third-order valence-electron chi connectivity index (χ3n) is 5.47. The van der Waals surface area contributed by atoms with E-state index in [0.717, 1.165) is 49.8 Å². The van der Waals surface area contributed by atoms with Gasteiger partial charge in [0, 0.05) is 51.5 Å². The first-order valence-electron chi connectivity index (χ1n) is 9.66. The molecule has 2 aliphatic heterocycles. The van der Waals surface area contributed by atoms with E-state index in [9.17, 15) is 9.18 Å². The van der Waals surface area contributed by atoms with E-state index in [2.05, 4.69) is 40.0 Å². The lowest BCUT2D eigenvalue weighted by Crippen LogP contribution is -2.49. The number of carbonyl (C=O) groups excluding carboxylic acids is 1. The zero-order valence-electron chi connectivity index (χ0n) is 15.8. The molecule has 6 nitrogen and oxygen atoms in total. The monoisotopic (exact) mass is 371 g/mol. The first-order chi connectivity index (χ1) is 13.1. The van der Waals surface area contributed by atoms with Gasteiger partial charge in [-0.1, -0.05) is 12.1 Å². The van der Waals surface area contributed by atoms with Crippen molar-refractivity contribution in [3.05, 3.63) is 47.5 Å². The molecule has 0 saturated carbocycles. The molecular weight excluding hydrogens is 345 g/mol. The molecule has 0 aliphatic carbocycles. The second-order valence-electron chi connectivity index (χ2n) is 7.48. The molecule has 0 bridgehead atoms. The summed E-state index contributed by atoms with van der Waals surface area (Å²) in [5.41, 5.74) is 4.01. The molecule has 27 heavy (non-hydrogen) atoms. The van der Waals surface area contributed by atoms with Crippen molar-refractivity contribution in [2.75, 3.05) is 44.2 Å². The molecular formula is C20H26FN5O. The Labute approximate surface area is 159 Å². The van der Waals surface area contributed by atoms with Crippen LogP contribution in [-0.2, 0) is 6.54 Å². The first-order valence-corrected chi connectivity index (χ1v) is 9.66. The minimum absolute atomic E-state index is 0.258. The van der Waals surface area contributed by atoms with E-state index in [0.29, 0.717) is 13.1 Å². The maximum atomic E-state index is 13.1. The van der Waals surface area contributed by atoms with Gasteiger partial charge in [0.1, 0.15) is 0 Å². The lowest BCUT2D eigenvalue weighted by atomic mass is 10.1. The SMILES string of the molecule is Cc1ccc(CN2CCN(C(=O)n3cc(F)cn3)CC2)c(N2CCCC2)c1. The van der Waals surface area contributed by atoms with E-state index in [1.807, 2.05) is 0 Å². The maximum absolute atomic E-state index is 13.1. The average Bonchev–Trinajstić information content (AvgIpc) is 3.35. The largest absolute Gasteiger partial charge is 0.371 e. The van der Waals surface area contributed by atoms with Crippen LogP contribution in [0.25, 0.3) is 0 Å². The second kappa shape index (κ2) is 7.68. The topological polar surface area (TPSA) is 44.6 Å². The Morgan fingerprint density at radius 2 is 1.85 bits per heavy atom. The molecule has 1 aromatic heterocycles. The van der Waals surface area contributed by atoms with Crippen molar-refractivity contribution in [3.8, 4) is 0 Å². The molecule has 1 aromatic carbocycles. The Balaban J connectivity index is 1.39. The number of benzene rings is 1. The summed E-state index contributed by atoms with van der Waals surface area (Å²) in [7, 11) is 0. The van der Waals surface area contributed by atoms with Gasteiger partial charge in [-0.05, 0) is 37.0 Å². The van der Waals surface area contributed by atoms with Gasteiger partial charge in [-0.15, -0.1) is 0 Å². The van der Waals surface area contributed by atoms with Crippen LogP contribution in [0.5, 0.6) is 0 Å². The molecule has 0 atom stereocenters. The predicted molar refractivity (Wildman–Crippen MR) is 102 cm³/mol. The molecule has 144 valence electrons. The number of nitrogens with zero attached hydrogens (tertiary/aromatic N) is 5. The van der Waals surface area contributed by atoms with Crippen LogP contribution in [0.1, 0.15) is 24.0 Å². The number of carbonyl (C=O) groups is 1. The Morgan fingerprint density at radius 1 is 1.11 bits per heavy atom. The summed E-state index contributed by atoms with van der Waals surface area (Å²) < 4.78 is 14.2. The Hall–Kier alpha value is -2.41. The van der Waals surface area contributed by atoms with Crippen LogP contribution >= 0.6 is 0 Å². The lowest BCUT2D eigenvalue weighted by Gasteiger charge is -2.35. The van der Waals surface area contributed by atoms with Crippen molar-refractivity contribution >= 4 is 11.7 Å². The van der Waals surface area contributed by atoms with Crippen molar-refractivity contribution in [1.82, 2.24) is 19.6 Å². The van der Waals surface area contributed by atoms with Crippen molar-refractivity contribution < 1.29 is 9.18 Å². The summed E-state index contributed by atoms with van der Waals surface area (Å²) >= 11 is 0. The van der Waals surface area contributed by atoms with E-state index in [1.165, 1.54) is 29.7 Å². The van der Waals surface area contributed by atoms with Gasteiger partial charge >= 0.3 is 6.03 Å². The number of hydrogen-bond acceptors (Lipinski definition) is 4. The van der Waals surface area contributed by atoms with Crippen LogP contribution in [-0.4, -0.2) is 64.9 Å². The highest BCUT2D eigenvalue weighted by atomic mass is 19.1. The number of anilines is 1. The summed E-state index contributed by atoms with van der Waals surface area (Å²) in [6, 6.07) is 6.47. The van der Waals surface area contributed by atoms with E-state index < -0.39 is 5.82 Å². The lowest BCUT2D eigenvalue weighted by molar-refractivity contribution is 0.134. The number of halogens is 1.